The van der Waals surface area contributed by atoms with Gasteiger partial charge in [0.25, 0.3) is 0 Å². The molecule has 0 unspecified atom stereocenters. The van der Waals surface area contributed by atoms with Crippen LogP contribution in [0.2, 0.25) is 27.3 Å². The lowest BCUT2D eigenvalue weighted by Crippen LogP contribution is -2.41. The lowest BCUT2D eigenvalue weighted by molar-refractivity contribution is 0.00578. The summed E-state index contributed by atoms with van der Waals surface area (Å²) in [6.45, 7) is 15.5. The van der Waals surface area contributed by atoms with E-state index >= 15 is 0 Å². The van der Waals surface area contributed by atoms with Gasteiger partial charge in [0.2, 0.25) is 0 Å². The monoisotopic (exact) mass is 581 g/mol. The normalized spacial score (nSPS) is 15.2. The molecule has 0 amide bonds. The maximum absolute atomic E-state index is 9.94. The first kappa shape index (κ1) is 32.2. The second kappa shape index (κ2) is 12.9. The van der Waals surface area contributed by atoms with E-state index in [1.807, 2.05) is 85.3 Å². The van der Waals surface area contributed by atoms with Gasteiger partial charge in [-0.2, -0.15) is 0 Å². The van der Waals surface area contributed by atoms with E-state index in [9.17, 15) is 10.0 Å². The first-order valence-electron chi connectivity index (χ1n) is 12.4. The van der Waals surface area contributed by atoms with Gasteiger partial charge in [-0.15, -0.1) is 0 Å². The Morgan fingerprint density at radius 2 is 1.29 bits per heavy atom. The number of fused-ring (bicyclic) bond motifs is 2. The van der Waals surface area contributed by atoms with Gasteiger partial charge < -0.3 is 28.3 Å². The Hall–Kier alpha value is -2.04. The van der Waals surface area contributed by atoms with Crippen molar-refractivity contribution in [3.63, 3.8) is 0 Å². The summed E-state index contributed by atoms with van der Waals surface area (Å²) in [6.07, 6.45) is 7.18. The Kier molecular flexibility index (Phi) is 10.9. The van der Waals surface area contributed by atoms with Crippen molar-refractivity contribution in [2.45, 2.75) is 73.6 Å². The van der Waals surface area contributed by atoms with Crippen molar-refractivity contribution in [3.8, 4) is 0 Å². The average molecular weight is 582 g/mol. The molecule has 5 heterocycles. The molecule has 0 atom stereocenters. The number of pyridine rings is 2. The molecule has 1 fully saturated rings. The van der Waals surface area contributed by atoms with Crippen LogP contribution < -0.4 is 5.46 Å². The molecule has 1 aliphatic heterocycles. The van der Waals surface area contributed by atoms with Gasteiger partial charge in [0, 0.05) is 24.1 Å². The van der Waals surface area contributed by atoms with E-state index in [1.54, 1.807) is 35.0 Å². The van der Waals surface area contributed by atoms with Crippen molar-refractivity contribution >= 4 is 72.0 Å². The molecule has 4 aromatic rings. The van der Waals surface area contributed by atoms with Crippen LogP contribution in [-0.2, 0) is 9.31 Å². The zero-order valence-corrected chi connectivity index (χ0v) is 24.4. The molecule has 0 bridgehead atoms. The minimum absolute atomic E-state index is 0. The van der Waals surface area contributed by atoms with Gasteiger partial charge in [0.1, 0.15) is 12.8 Å². The summed E-state index contributed by atoms with van der Waals surface area (Å²) in [4.78, 5) is 8.64. The van der Waals surface area contributed by atoms with Gasteiger partial charge in [-0.1, -0.05) is 21.1 Å². The molecule has 1 radical (unpaired) electrons. The predicted molar refractivity (Wildman–Crippen MR) is 166 cm³/mol. The fraction of sp³-hybridized carbons (Fsp3) is 0.440. The van der Waals surface area contributed by atoms with Crippen LogP contribution in [0.15, 0.2) is 53.5 Å². The van der Waals surface area contributed by atoms with Crippen molar-refractivity contribution in [2.24, 2.45) is 0 Å². The third-order valence-electron chi connectivity index (χ3n) is 6.47. The fourth-order valence-corrected chi connectivity index (χ4v) is 4.44. The first-order valence-corrected chi connectivity index (χ1v) is 13.2. The third kappa shape index (κ3) is 6.57. The molecule has 0 aliphatic carbocycles. The van der Waals surface area contributed by atoms with Crippen LogP contribution in [0.25, 0.3) is 22.1 Å². The number of nitrogens with zero attached hydrogens (tertiary/aromatic N) is 4. The molecule has 0 saturated carbocycles. The molecule has 13 heteroatoms. The molecule has 5 rings (SSSR count). The molecule has 0 spiro atoms. The summed E-state index contributed by atoms with van der Waals surface area (Å²) in [6, 6.07) is 7.58. The predicted octanol–water partition coefficient (Wildman–Crippen LogP) is 4.47. The highest BCUT2D eigenvalue weighted by molar-refractivity contribution is 9.10. The van der Waals surface area contributed by atoms with E-state index in [0.717, 1.165) is 32.0 Å². The van der Waals surface area contributed by atoms with Crippen LogP contribution >= 0.6 is 15.9 Å². The molecular formula is C25H38B4BrN4O4. The van der Waals surface area contributed by atoms with E-state index in [4.69, 9.17) is 9.31 Å². The van der Waals surface area contributed by atoms with Gasteiger partial charge in [0.15, 0.2) is 0 Å². The molecule has 4 aromatic heterocycles. The summed E-state index contributed by atoms with van der Waals surface area (Å²) in [7, 11) is 0.360. The zero-order chi connectivity index (χ0) is 27.5. The Morgan fingerprint density at radius 1 is 0.868 bits per heavy atom. The van der Waals surface area contributed by atoms with Crippen molar-refractivity contribution in [1.82, 2.24) is 18.9 Å². The number of rotatable bonds is 3. The smallest absolute Gasteiger partial charge is 0.432 e. The topological polar surface area (TPSA) is 94.6 Å². The van der Waals surface area contributed by atoms with Crippen molar-refractivity contribution < 1.29 is 19.4 Å². The van der Waals surface area contributed by atoms with E-state index < -0.39 is 32.4 Å². The van der Waals surface area contributed by atoms with Gasteiger partial charge in [0.05, 0.1) is 32.2 Å². The second-order valence-corrected chi connectivity index (χ2v) is 10.9. The van der Waals surface area contributed by atoms with E-state index in [1.165, 1.54) is 0 Å². The van der Waals surface area contributed by atoms with E-state index in [2.05, 4.69) is 25.9 Å². The third-order valence-corrected chi connectivity index (χ3v) is 7.05. The standard InChI is InChI=1S/C14H20B2N2O3.C8H8BBrN2O.C2H6B.CH4/c1-13(2)14(3,4)21-16(20-13)10-9-18(15(5)19)11-7-6-8-17-12(10)11;1-9(13)12-5-6(10)8-7(12)3-2-4-11-8;1-3-2;/h6-9,19H,1-5H3;2-5,13H,1H3;1-2H3;1H4. The Labute approximate surface area is 236 Å². The van der Waals surface area contributed by atoms with Gasteiger partial charge in [-0.25, -0.2) is 0 Å². The van der Waals surface area contributed by atoms with Crippen LogP contribution in [0.5, 0.6) is 0 Å². The van der Waals surface area contributed by atoms with Crippen molar-refractivity contribution in [1.29, 1.82) is 0 Å². The largest absolute Gasteiger partial charge is 0.498 e. The molecule has 201 valence electrons. The maximum atomic E-state index is 9.94. The molecule has 1 saturated heterocycles. The molecule has 2 N–H and O–H groups in total. The van der Waals surface area contributed by atoms with Crippen LogP contribution in [0.3, 0.4) is 0 Å². The molecule has 1 aliphatic rings. The average Bonchev–Trinajstić information content (AvgIpc) is 3.44. The van der Waals surface area contributed by atoms with Crippen molar-refractivity contribution in [2.75, 3.05) is 0 Å². The first-order chi connectivity index (χ1) is 17.3. The minimum atomic E-state index is -0.632. The van der Waals surface area contributed by atoms with Gasteiger partial charge >= 0.3 is 21.2 Å². The maximum Gasteiger partial charge on any atom is 0.498 e. The highest BCUT2D eigenvalue weighted by Gasteiger charge is 2.52. The summed E-state index contributed by atoms with van der Waals surface area (Å²) in [5.74, 6) is 0. The minimum Gasteiger partial charge on any atom is -0.432 e. The summed E-state index contributed by atoms with van der Waals surface area (Å²) in [5, 5.41) is 19.4. The molecule has 0 aromatic carbocycles. The van der Waals surface area contributed by atoms with Gasteiger partial charge in [-0.05, 0) is 87.7 Å². The number of hydrogen-bond donors (Lipinski definition) is 2. The summed E-state index contributed by atoms with van der Waals surface area (Å²) in [5.41, 5.74) is 3.55. The number of aromatic nitrogens is 4. The Bertz CT molecular complexity index is 1330. The van der Waals surface area contributed by atoms with Crippen LogP contribution in [-0.4, -0.2) is 68.7 Å². The SMILES string of the molecule is C.CB(O)n1cc(B2OC(C)(C)C(C)(C)O2)c2ncccc21.CB(O)n1cc(Br)c2ncccc21.C[B]C. The zero-order valence-electron chi connectivity index (χ0n) is 22.8. The quantitative estimate of drug-likeness (QED) is 0.347. The lowest BCUT2D eigenvalue weighted by Gasteiger charge is -2.32. The second-order valence-electron chi connectivity index (χ2n) is 10.0. The fourth-order valence-electron chi connectivity index (χ4n) is 3.91. The number of hydrogen-bond acceptors (Lipinski definition) is 6. The molecular weight excluding hydrogens is 543 g/mol. The number of halogens is 1. The Balaban J connectivity index is 0.000000256. The molecule has 8 nitrogen and oxygen atoms in total. The highest BCUT2D eigenvalue weighted by atomic mass is 79.9. The summed E-state index contributed by atoms with van der Waals surface area (Å²) >= 11 is 3.39. The van der Waals surface area contributed by atoms with Crippen LogP contribution in [0.4, 0.5) is 0 Å². The van der Waals surface area contributed by atoms with E-state index in [0.29, 0.717) is 0 Å². The van der Waals surface area contributed by atoms with Crippen LogP contribution in [0, 0.1) is 0 Å². The summed E-state index contributed by atoms with van der Waals surface area (Å²) < 4.78 is 16.6. The lowest BCUT2D eigenvalue weighted by atomic mass is 9.80. The van der Waals surface area contributed by atoms with E-state index in [-0.39, 0.29) is 7.43 Å². The Morgan fingerprint density at radius 3 is 1.76 bits per heavy atom. The highest BCUT2D eigenvalue weighted by Crippen LogP contribution is 2.37. The van der Waals surface area contributed by atoms with Crippen molar-refractivity contribution in [3.05, 3.63) is 53.5 Å². The van der Waals surface area contributed by atoms with Crippen LogP contribution in [0.1, 0.15) is 35.1 Å². The molecule has 38 heavy (non-hydrogen) atoms. The van der Waals surface area contributed by atoms with Gasteiger partial charge in [-0.3, -0.25) is 9.97 Å².